The van der Waals surface area contributed by atoms with Gasteiger partial charge in [-0.25, -0.2) is 0 Å². The first kappa shape index (κ1) is 14.8. The van der Waals surface area contributed by atoms with Crippen molar-refractivity contribution in [3.05, 3.63) is 28.2 Å². The molecule has 1 aliphatic rings. The maximum Gasteiger partial charge on any atom is 0.253 e. The van der Waals surface area contributed by atoms with E-state index in [9.17, 15) is 9.59 Å². The summed E-state index contributed by atoms with van der Waals surface area (Å²) in [5.74, 6) is 0.00851. The van der Waals surface area contributed by atoms with Crippen LogP contribution < -0.4 is 11.5 Å². The number of nitrogen functional groups attached to an aromatic ring is 1. The van der Waals surface area contributed by atoms with Crippen LogP contribution in [0.3, 0.4) is 0 Å². The number of amides is 2. The molecule has 1 fully saturated rings. The van der Waals surface area contributed by atoms with Crippen molar-refractivity contribution in [3.63, 3.8) is 0 Å². The molecule has 5 nitrogen and oxygen atoms in total. The van der Waals surface area contributed by atoms with Crippen LogP contribution in [0.25, 0.3) is 0 Å². The molecule has 1 aliphatic heterocycles. The lowest BCUT2D eigenvalue weighted by molar-refractivity contribution is -0.119. The number of anilines is 1. The molecule has 0 unspecified atom stereocenters. The molecule has 0 atom stereocenters. The Bertz CT molecular complexity index is 505. The van der Waals surface area contributed by atoms with Crippen molar-refractivity contribution in [2.45, 2.75) is 19.3 Å². The molecular weight excluding hydrogens is 322 g/mol. The van der Waals surface area contributed by atoms with Gasteiger partial charge in [0.05, 0.1) is 0 Å². The standard InChI is InChI=1S/C14H18BrN3O2/c15-11-6-10(7-12(16)8-11)14(20)18-3-1-9(2-4-18)5-13(17)19/h6-9H,1-5,16H2,(H2,17,19). The van der Waals surface area contributed by atoms with Crippen molar-refractivity contribution in [2.75, 3.05) is 18.8 Å². The van der Waals surface area contributed by atoms with Crippen LogP contribution in [0.15, 0.2) is 22.7 Å². The van der Waals surface area contributed by atoms with E-state index in [1.165, 1.54) is 0 Å². The fraction of sp³-hybridized carbons (Fsp3) is 0.429. The molecule has 1 aromatic carbocycles. The molecule has 0 bridgehead atoms. The van der Waals surface area contributed by atoms with Crippen molar-refractivity contribution >= 4 is 33.4 Å². The minimum atomic E-state index is -0.269. The lowest BCUT2D eigenvalue weighted by atomic mass is 9.93. The normalized spacial score (nSPS) is 16.1. The van der Waals surface area contributed by atoms with Gasteiger partial charge in [0.15, 0.2) is 0 Å². The molecule has 0 spiro atoms. The van der Waals surface area contributed by atoms with E-state index < -0.39 is 0 Å². The third-order valence-corrected chi connectivity index (χ3v) is 4.02. The number of hydrogen-bond donors (Lipinski definition) is 2. The second-order valence-corrected chi connectivity index (χ2v) is 6.09. The van der Waals surface area contributed by atoms with Crippen LogP contribution in [0.5, 0.6) is 0 Å². The number of likely N-dealkylation sites (tertiary alicyclic amines) is 1. The SMILES string of the molecule is NC(=O)CC1CCN(C(=O)c2cc(N)cc(Br)c2)CC1. The molecule has 108 valence electrons. The highest BCUT2D eigenvalue weighted by molar-refractivity contribution is 9.10. The Morgan fingerprint density at radius 3 is 2.45 bits per heavy atom. The second-order valence-electron chi connectivity index (χ2n) is 5.18. The highest BCUT2D eigenvalue weighted by Gasteiger charge is 2.24. The number of nitrogens with two attached hydrogens (primary N) is 2. The number of benzene rings is 1. The fourth-order valence-electron chi connectivity index (χ4n) is 2.54. The van der Waals surface area contributed by atoms with Gasteiger partial charge in [0, 0.05) is 35.2 Å². The van der Waals surface area contributed by atoms with Crippen molar-refractivity contribution in [3.8, 4) is 0 Å². The summed E-state index contributed by atoms with van der Waals surface area (Å²) in [5, 5.41) is 0. The summed E-state index contributed by atoms with van der Waals surface area (Å²) in [4.78, 5) is 25.1. The van der Waals surface area contributed by atoms with E-state index >= 15 is 0 Å². The van der Waals surface area contributed by atoms with Crippen LogP contribution in [0.2, 0.25) is 0 Å². The molecule has 4 N–H and O–H groups in total. The van der Waals surface area contributed by atoms with Crippen LogP contribution in [-0.2, 0) is 4.79 Å². The Kier molecular flexibility index (Phi) is 4.65. The molecule has 20 heavy (non-hydrogen) atoms. The molecule has 6 heteroatoms. The first-order valence-corrected chi connectivity index (χ1v) is 7.38. The third kappa shape index (κ3) is 3.72. The fourth-order valence-corrected chi connectivity index (χ4v) is 3.05. The van der Waals surface area contributed by atoms with Gasteiger partial charge in [-0.3, -0.25) is 9.59 Å². The van der Waals surface area contributed by atoms with E-state index in [1.807, 2.05) is 0 Å². The van der Waals surface area contributed by atoms with Crippen LogP contribution in [0.4, 0.5) is 5.69 Å². The summed E-state index contributed by atoms with van der Waals surface area (Å²) in [6.07, 6.45) is 2.04. The molecule has 0 aromatic heterocycles. The van der Waals surface area contributed by atoms with Gasteiger partial charge < -0.3 is 16.4 Å². The lowest BCUT2D eigenvalue weighted by Crippen LogP contribution is -2.39. The maximum absolute atomic E-state index is 12.4. The van der Waals surface area contributed by atoms with E-state index in [4.69, 9.17) is 11.5 Å². The maximum atomic E-state index is 12.4. The lowest BCUT2D eigenvalue weighted by Gasteiger charge is -2.31. The summed E-state index contributed by atoms with van der Waals surface area (Å²) < 4.78 is 0.796. The Morgan fingerprint density at radius 1 is 1.25 bits per heavy atom. The number of hydrogen-bond acceptors (Lipinski definition) is 3. The van der Waals surface area contributed by atoms with Gasteiger partial charge >= 0.3 is 0 Å². The number of carbonyl (C=O) groups is 2. The number of piperidine rings is 1. The monoisotopic (exact) mass is 339 g/mol. The van der Waals surface area contributed by atoms with E-state index in [-0.39, 0.29) is 11.8 Å². The first-order chi connectivity index (χ1) is 9.45. The minimum absolute atomic E-state index is 0.0180. The Balaban J connectivity index is 1.99. The molecule has 1 aromatic rings. The Morgan fingerprint density at radius 2 is 1.90 bits per heavy atom. The zero-order valence-electron chi connectivity index (χ0n) is 11.1. The van der Waals surface area contributed by atoms with E-state index in [1.54, 1.807) is 23.1 Å². The summed E-state index contributed by atoms with van der Waals surface area (Å²) in [6, 6.07) is 5.21. The second kappa shape index (κ2) is 6.26. The van der Waals surface area contributed by atoms with Gasteiger partial charge in [0.1, 0.15) is 0 Å². The smallest absolute Gasteiger partial charge is 0.253 e. The van der Waals surface area contributed by atoms with Crippen LogP contribution in [-0.4, -0.2) is 29.8 Å². The van der Waals surface area contributed by atoms with Crippen LogP contribution in [0.1, 0.15) is 29.6 Å². The average molecular weight is 340 g/mol. The van der Waals surface area contributed by atoms with E-state index in [2.05, 4.69) is 15.9 Å². The number of carbonyl (C=O) groups excluding carboxylic acids is 2. The van der Waals surface area contributed by atoms with Gasteiger partial charge in [-0.2, -0.15) is 0 Å². The molecular formula is C14H18BrN3O2. The van der Waals surface area contributed by atoms with Gasteiger partial charge in [-0.15, -0.1) is 0 Å². The number of nitrogens with zero attached hydrogens (tertiary/aromatic N) is 1. The first-order valence-electron chi connectivity index (χ1n) is 6.59. The van der Waals surface area contributed by atoms with Crippen molar-refractivity contribution in [1.82, 2.24) is 4.90 Å². The molecule has 0 saturated carbocycles. The summed E-state index contributed by atoms with van der Waals surface area (Å²) in [6.45, 7) is 1.31. The molecule has 0 aliphatic carbocycles. The highest BCUT2D eigenvalue weighted by Crippen LogP contribution is 2.23. The Labute approximate surface area is 126 Å². The summed E-state index contributed by atoms with van der Waals surface area (Å²) >= 11 is 3.34. The molecule has 1 saturated heterocycles. The average Bonchev–Trinajstić information content (AvgIpc) is 2.37. The Hall–Kier alpha value is -1.56. The molecule has 2 amide bonds. The third-order valence-electron chi connectivity index (χ3n) is 3.56. The number of halogens is 1. The number of primary amides is 1. The highest BCUT2D eigenvalue weighted by atomic mass is 79.9. The van der Waals surface area contributed by atoms with E-state index in [0.717, 1.165) is 17.3 Å². The van der Waals surface area contributed by atoms with Gasteiger partial charge in [-0.05, 0) is 37.0 Å². The summed E-state index contributed by atoms with van der Waals surface area (Å²) in [7, 11) is 0. The van der Waals surface area contributed by atoms with Crippen molar-refractivity contribution in [2.24, 2.45) is 11.7 Å². The summed E-state index contributed by atoms with van der Waals surface area (Å²) in [5.41, 5.74) is 12.1. The molecule has 2 rings (SSSR count). The quantitative estimate of drug-likeness (QED) is 0.822. The zero-order valence-corrected chi connectivity index (χ0v) is 12.7. The van der Waals surface area contributed by atoms with Crippen LogP contribution >= 0.6 is 15.9 Å². The van der Waals surface area contributed by atoms with Gasteiger partial charge in [0.2, 0.25) is 5.91 Å². The van der Waals surface area contributed by atoms with E-state index in [0.29, 0.717) is 36.7 Å². The van der Waals surface area contributed by atoms with Crippen molar-refractivity contribution in [1.29, 1.82) is 0 Å². The van der Waals surface area contributed by atoms with Gasteiger partial charge in [-0.1, -0.05) is 15.9 Å². The van der Waals surface area contributed by atoms with Gasteiger partial charge in [0.25, 0.3) is 5.91 Å². The molecule has 0 radical (unpaired) electrons. The van der Waals surface area contributed by atoms with Crippen LogP contribution in [0, 0.1) is 5.92 Å². The zero-order chi connectivity index (χ0) is 14.7. The van der Waals surface area contributed by atoms with Crippen molar-refractivity contribution < 1.29 is 9.59 Å². The minimum Gasteiger partial charge on any atom is -0.399 e. The predicted octanol–water partition coefficient (Wildman–Crippen LogP) is 1.76. The number of rotatable bonds is 3. The molecule has 1 heterocycles. The predicted molar refractivity (Wildman–Crippen MR) is 81.0 cm³/mol. The largest absolute Gasteiger partial charge is 0.399 e. The topological polar surface area (TPSA) is 89.4 Å².